The molecule has 1 heteroatoms. The molecule has 18 heavy (non-hydrogen) atoms. The van der Waals surface area contributed by atoms with E-state index in [2.05, 4.69) is 19.1 Å². The van der Waals surface area contributed by atoms with E-state index in [-0.39, 0.29) is 0 Å². The Morgan fingerprint density at radius 3 is 1.56 bits per heavy atom. The number of unbranched alkanes of at least 4 members (excludes halogenated alkanes) is 11. The minimum Gasteiger partial charge on any atom is -0.396 e. The fraction of sp³-hybridized carbons (Fsp3) is 0.882. The van der Waals surface area contributed by atoms with Crippen LogP contribution in [0.5, 0.6) is 0 Å². The second kappa shape index (κ2) is 16.7. The van der Waals surface area contributed by atoms with E-state index in [9.17, 15) is 0 Å². The van der Waals surface area contributed by atoms with E-state index in [4.69, 9.17) is 5.11 Å². The number of hydrogen-bond donors (Lipinski definition) is 1. The zero-order valence-corrected chi connectivity index (χ0v) is 12.5. The highest BCUT2D eigenvalue weighted by Gasteiger charge is 1.91. The molecule has 0 fully saturated rings. The first-order valence-corrected chi connectivity index (χ1v) is 8.17. The van der Waals surface area contributed by atoms with E-state index in [0.717, 1.165) is 12.8 Å². The second-order valence-corrected chi connectivity index (χ2v) is 5.31. The summed E-state index contributed by atoms with van der Waals surface area (Å²) in [5.41, 5.74) is 0. The number of allylic oxidation sites excluding steroid dienone is 2. The van der Waals surface area contributed by atoms with Crippen molar-refractivity contribution in [1.82, 2.24) is 0 Å². The molecule has 0 aliphatic heterocycles. The van der Waals surface area contributed by atoms with Crippen LogP contribution < -0.4 is 0 Å². The molecule has 0 unspecified atom stereocenters. The van der Waals surface area contributed by atoms with Crippen LogP contribution in [-0.2, 0) is 0 Å². The summed E-state index contributed by atoms with van der Waals surface area (Å²) in [7, 11) is 0. The van der Waals surface area contributed by atoms with Gasteiger partial charge in [-0.05, 0) is 25.7 Å². The van der Waals surface area contributed by atoms with Gasteiger partial charge in [-0.1, -0.05) is 76.9 Å². The van der Waals surface area contributed by atoms with E-state index in [1.807, 2.05) is 0 Å². The Hall–Kier alpha value is -0.300. The smallest absolute Gasteiger partial charge is 0.0433 e. The lowest BCUT2D eigenvalue weighted by Crippen LogP contribution is -1.81. The third-order valence-electron chi connectivity index (χ3n) is 3.42. The van der Waals surface area contributed by atoms with Gasteiger partial charge in [0, 0.05) is 6.61 Å². The van der Waals surface area contributed by atoms with Gasteiger partial charge in [0.25, 0.3) is 0 Å². The molecular weight excluding hydrogens is 220 g/mol. The van der Waals surface area contributed by atoms with Crippen LogP contribution in [0.3, 0.4) is 0 Å². The average molecular weight is 254 g/mol. The number of aliphatic hydroxyl groups is 1. The van der Waals surface area contributed by atoms with Gasteiger partial charge in [-0.15, -0.1) is 0 Å². The van der Waals surface area contributed by atoms with Crippen LogP contribution in [-0.4, -0.2) is 11.7 Å². The van der Waals surface area contributed by atoms with Crippen molar-refractivity contribution in [2.24, 2.45) is 0 Å². The van der Waals surface area contributed by atoms with E-state index >= 15 is 0 Å². The Balaban J connectivity index is 2.96. The molecule has 0 saturated heterocycles. The molecule has 1 N–H and O–H groups in total. The molecule has 1 nitrogen and oxygen atoms in total. The third-order valence-corrected chi connectivity index (χ3v) is 3.42. The van der Waals surface area contributed by atoms with E-state index < -0.39 is 0 Å². The first-order valence-electron chi connectivity index (χ1n) is 8.17. The molecule has 0 aliphatic rings. The average Bonchev–Trinajstić information content (AvgIpc) is 2.39. The molecule has 0 radical (unpaired) electrons. The van der Waals surface area contributed by atoms with Crippen LogP contribution in [0.1, 0.15) is 90.4 Å². The summed E-state index contributed by atoms with van der Waals surface area (Å²) >= 11 is 0. The summed E-state index contributed by atoms with van der Waals surface area (Å²) in [6.07, 6.45) is 21.8. The second-order valence-electron chi connectivity index (χ2n) is 5.31. The minimum atomic E-state index is 0.322. The first-order chi connectivity index (χ1) is 8.91. The largest absolute Gasteiger partial charge is 0.396 e. The van der Waals surface area contributed by atoms with E-state index in [0.29, 0.717) is 6.61 Å². The van der Waals surface area contributed by atoms with Crippen LogP contribution >= 0.6 is 0 Å². The predicted molar refractivity (Wildman–Crippen MR) is 81.9 cm³/mol. The lowest BCUT2D eigenvalue weighted by atomic mass is 10.1. The first kappa shape index (κ1) is 17.7. The Kier molecular flexibility index (Phi) is 16.4. The van der Waals surface area contributed by atoms with Gasteiger partial charge in [0.15, 0.2) is 0 Å². The fourth-order valence-corrected chi connectivity index (χ4v) is 2.19. The maximum absolute atomic E-state index is 8.62. The maximum atomic E-state index is 8.62. The Labute approximate surface area is 115 Å². The monoisotopic (exact) mass is 254 g/mol. The molecule has 0 aromatic heterocycles. The van der Waals surface area contributed by atoms with Crippen molar-refractivity contribution in [3.63, 3.8) is 0 Å². The van der Waals surface area contributed by atoms with Crippen molar-refractivity contribution in [3.8, 4) is 0 Å². The molecule has 0 heterocycles. The zero-order valence-electron chi connectivity index (χ0n) is 12.5. The molecule has 0 amide bonds. The Morgan fingerprint density at radius 1 is 0.611 bits per heavy atom. The van der Waals surface area contributed by atoms with Gasteiger partial charge >= 0.3 is 0 Å². The summed E-state index contributed by atoms with van der Waals surface area (Å²) in [5, 5.41) is 8.62. The summed E-state index contributed by atoms with van der Waals surface area (Å²) in [4.78, 5) is 0. The van der Waals surface area contributed by atoms with Crippen molar-refractivity contribution < 1.29 is 5.11 Å². The van der Waals surface area contributed by atoms with Gasteiger partial charge in [0.1, 0.15) is 0 Å². The van der Waals surface area contributed by atoms with Gasteiger partial charge in [0.2, 0.25) is 0 Å². The van der Waals surface area contributed by atoms with Gasteiger partial charge in [-0.2, -0.15) is 0 Å². The van der Waals surface area contributed by atoms with Gasteiger partial charge in [-0.3, -0.25) is 0 Å². The van der Waals surface area contributed by atoms with Crippen LogP contribution in [0, 0.1) is 0 Å². The number of rotatable bonds is 14. The molecule has 0 atom stereocenters. The Morgan fingerprint density at radius 2 is 1.06 bits per heavy atom. The van der Waals surface area contributed by atoms with Gasteiger partial charge < -0.3 is 5.11 Å². The molecular formula is C17H34O. The quantitative estimate of drug-likeness (QED) is 0.315. The van der Waals surface area contributed by atoms with Gasteiger partial charge in [-0.25, -0.2) is 0 Å². The minimum absolute atomic E-state index is 0.322. The van der Waals surface area contributed by atoms with Crippen LogP contribution in [0.25, 0.3) is 0 Å². The lowest BCUT2D eigenvalue weighted by Gasteiger charge is -2.01. The molecule has 0 bridgehead atoms. The standard InChI is InChI=1S/C17H34O/c1-2-3-4-5-6-7-8-9-10-11-12-13-14-15-16-17-18/h13-14,18H,2-12,15-17H2,1H3/b14-13-. The normalized spacial score (nSPS) is 11.4. The van der Waals surface area contributed by atoms with Crippen LogP contribution in [0.4, 0.5) is 0 Å². The fourth-order valence-electron chi connectivity index (χ4n) is 2.19. The molecule has 0 spiro atoms. The van der Waals surface area contributed by atoms with Crippen molar-refractivity contribution in [2.75, 3.05) is 6.61 Å². The summed E-state index contributed by atoms with van der Waals surface area (Å²) in [6, 6.07) is 0. The van der Waals surface area contributed by atoms with Gasteiger partial charge in [0.05, 0.1) is 0 Å². The number of aliphatic hydroxyl groups excluding tert-OH is 1. The Bertz CT molecular complexity index is 163. The molecule has 0 aromatic carbocycles. The predicted octanol–water partition coefficient (Wildman–Crippen LogP) is 5.63. The molecule has 0 aromatic rings. The van der Waals surface area contributed by atoms with E-state index in [1.165, 1.54) is 70.6 Å². The van der Waals surface area contributed by atoms with E-state index in [1.54, 1.807) is 0 Å². The van der Waals surface area contributed by atoms with Crippen molar-refractivity contribution in [3.05, 3.63) is 12.2 Å². The third kappa shape index (κ3) is 15.7. The van der Waals surface area contributed by atoms with Crippen LogP contribution in [0.2, 0.25) is 0 Å². The summed E-state index contributed by atoms with van der Waals surface area (Å²) in [6.45, 7) is 2.60. The van der Waals surface area contributed by atoms with Crippen LogP contribution in [0.15, 0.2) is 12.2 Å². The molecule has 0 saturated carbocycles. The highest BCUT2D eigenvalue weighted by molar-refractivity contribution is 4.81. The van der Waals surface area contributed by atoms with Crippen molar-refractivity contribution >= 4 is 0 Å². The highest BCUT2D eigenvalue weighted by Crippen LogP contribution is 2.11. The molecule has 108 valence electrons. The SMILES string of the molecule is CCCCCCCCCCCC/C=C\CCCO. The topological polar surface area (TPSA) is 20.2 Å². The molecule has 0 aliphatic carbocycles. The summed E-state index contributed by atoms with van der Waals surface area (Å²) < 4.78 is 0. The molecule has 0 rings (SSSR count). The highest BCUT2D eigenvalue weighted by atomic mass is 16.2. The number of hydrogen-bond acceptors (Lipinski definition) is 1. The zero-order chi connectivity index (χ0) is 13.3. The van der Waals surface area contributed by atoms with Crippen molar-refractivity contribution in [1.29, 1.82) is 0 Å². The maximum Gasteiger partial charge on any atom is 0.0433 e. The lowest BCUT2D eigenvalue weighted by molar-refractivity contribution is 0.289. The summed E-state index contributed by atoms with van der Waals surface area (Å²) in [5.74, 6) is 0. The van der Waals surface area contributed by atoms with Crippen molar-refractivity contribution in [2.45, 2.75) is 90.4 Å².